The van der Waals surface area contributed by atoms with Crippen LogP contribution >= 0.6 is 0 Å². The third-order valence-electron chi connectivity index (χ3n) is 1.94. The topological polar surface area (TPSA) is 26.3 Å². The van der Waals surface area contributed by atoms with Crippen LogP contribution in [0.4, 0.5) is 17.6 Å². The third kappa shape index (κ3) is 2.32. The number of hydrogen-bond acceptors (Lipinski definition) is 2. The van der Waals surface area contributed by atoms with Crippen molar-refractivity contribution < 1.29 is 27.1 Å². The second kappa shape index (κ2) is 4.11. The minimum atomic E-state index is -4.80. The van der Waals surface area contributed by atoms with Crippen LogP contribution in [0, 0.1) is 5.82 Å². The summed E-state index contributed by atoms with van der Waals surface area (Å²) in [4.78, 5) is 11.1. The molecule has 0 spiro atoms. The molecule has 0 saturated heterocycles. The largest absolute Gasteiger partial charge is 0.496 e. The van der Waals surface area contributed by atoms with E-state index in [-0.39, 0.29) is 6.07 Å². The first-order valence-corrected chi connectivity index (χ1v) is 4.23. The van der Waals surface area contributed by atoms with Gasteiger partial charge in [0.05, 0.1) is 18.2 Å². The van der Waals surface area contributed by atoms with Gasteiger partial charge in [0.1, 0.15) is 11.6 Å². The number of carbonyl (C=O) groups is 1. The Morgan fingerprint density at radius 3 is 2.25 bits per heavy atom. The maximum absolute atomic E-state index is 12.9. The fourth-order valence-electron chi connectivity index (χ4n) is 1.33. The van der Waals surface area contributed by atoms with Gasteiger partial charge in [0, 0.05) is 6.07 Å². The summed E-state index contributed by atoms with van der Waals surface area (Å²) in [6, 6.07) is 1.02. The highest BCUT2D eigenvalue weighted by Crippen LogP contribution is 2.36. The predicted molar refractivity (Wildman–Crippen MR) is 48.0 cm³/mol. The molecule has 88 valence electrons. The van der Waals surface area contributed by atoms with E-state index in [4.69, 9.17) is 0 Å². The van der Waals surface area contributed by atoms with Gasteiger partial charge < -0.3 is 4.74 Å². The molecule has 0 radical (unpaired) electrons. The predicted octanol–water partition coefficient (Wildman–Crippen LogP) is 3.06. The number of carbonyl (C=O) groups excluding carboxylic acids is 1. The first-order chi connectivity index (χ1) is 7.27. The Morgan fingerprint density at radius 1 is 1.31 bits per heavy atom. The van der Waals surface area contributed by atoms with E-state index in [2.05, 4.69) is 4.74 Å². The fraction of sp³-hybridized carbons (Fsp3) is 0.300. The standard InChI is InChI=1S/C10H8F4O2/c1-5(15)9-7(10(12,13)14)3-6(11)4-8(9)16-2/h3-4H,1-2H3. The third-order valence-corrected chi connectivity index (χ3v) is 1.94. The van der Waals surface area contributed by atoms with Gasteiger partial charge in [0.2, 0.25) is 0 Å². The normalized spacial score (nSPS) is 11.4. The quantitative estimate of drug-likeness (QED) is 0.582. The lowest BCUT2D eigenvalue weighted by Crippen LogP contribution is -2.13. The molecule has 6 heteroatoms. The average molecular weight is 236 g/mol. The fourth-order valence-corrected chi connectivity index (χ4v) is 1.33. The number of ether oxygens (including phenoxy) is 1. The van der Waals surface area contributed by atoms with Crippen molar-refractivity contribution in [2.45, 2.75) is 13.1 Å². The lowest BCUT2D eigenvalue weighted by atomic mass is 10.0. The number of alkyl halides is 3. The van der Waals surface area contributed by atoms with Crippen LogP contribution in [0.15, 0.2) is 12.1 Å². The molecule has 0 N–H and O–H groups in total. The molecular formula is C10H8F4O2. The molecule has 0 aromatic heterocycles. The van der Waals surface area contributed by atoms with Gasteiger partial charge in [0.25, 0.3) is 0 Å². The van der Waals surface area contributed by atoms with Crippen molar-refractivity contribution in [3.63, 3.8) is 0 Å². The van der Waals surface area contributed by atoms with Crippen molar-refractivity contribution in [3.8, 4) is 5.75 Å². The van der Waals surface area contributed by atoms with Crippen LogP contribution in [-0.2, 0) is 6.18 Å². The van der Waals surface area contributed by atoms with Crippen LogP contribution in [0.2, 0.25) is 0 Å². The Kier molecular flexibility index (Phi) is 3.21. The summed E-state index contributed by atoms with van der Waals surface area (Å²) in [6.45, 7) is 0.963. The molecule has 0 aliphatic heterocycles. The minimum Gasteiger partial charge on any atom is -0.496 e. The first kappa shape index (κ1) is 12.5. The number of benzene rings is 1. The number of methoxy groups -OCH3 is 1. The summed E-state index contributed by atoms with van der Waals surface area (Å²) in [5.41, 5.74) is -1.98. The van der Waals surface area contributed by atoms with Crippen molar-refractivity contribution in [2.24, 2.45) is 0 Å². The molecule has 0 aliphatic carbocycles. The van der Waals surface area contributed by atoms with Gasteiger partial charge in [-0.2, -0.15) is 13.2 Å². The minimum absolute atomic E-state index is 0.277. The van der Waals surface area contributed by atoms with Crippen molar-refractivity contribution >= 4 is 5.78 Å². The van der Waals surface area contributed by atoms with Crippen LogP contribution in [0.1, 0.15) is 22.8 Å². The number of hydrogen-bond donors (Lipinski definition) is 0. The molecule has 0 unspecified atom stereocenters. The van der Waals surface area contributed by atoms with Crippen LogP contribution < -0.4 is 4.74 Å². The molecule has 2 nitrogen and oxygen atoms in total. The summed E-state index contributed by atoms with van der Waals surface area (Å²) in [5.74, 6) is -2.35. The lowest BCUT2D eigenvalue weighted by Gasteiger charge is -2.14. The Labute approximate surface area is 88.8 Å². The van der Waals surface area contributed by atoms with Gasteiger partial charge in [-0.05, 0) is 13.0 Å². The van der Waals surface area contributed by atoms with Gasteiger partial charge in [0.15, 0.2) is 5.78 Å². The summed E-state index contributed by atoms with van der Waals surface area (Å²) < 4.78 is 55.1. The van der Waals surface area contributed by atoms with E-state index >= 15 is 0 Å². The Balaban J connectivity index is 3.57. The van der Waals surface area contributed by atoms with Gasteiger partial charge in [-0.3, -0.25) is 4.79 Å². The summed E-state index contributed by atoms with van der Waals surface area (Å²) in [5, 5.41) is 0. The van der Waals surface area contributed by atoms with Gasteiger partial charge in [-0.1, -0.05) is 0 Å². The van der Waals surface area contributed by atoms with Gasteiger partial charge in [-0.15, -0.1) is 0 Å². The van der Waals surface area contributed by atoms with E-state index < -0.39 is 34.7 Å². The molecule has 0 atom stereocenters. The van der Waals surface area contributed by atoms with Crippen molar-refractivity contribution in [2.75, 3.05) is 7.11 Å². The molecule has 0 aliphatic rings. The van der Waals surface area contributed by atoms with Crippen LogP contribution in [-0.4, -0.2) is 12.9 Å². The molecule has 0 fully saturated rings. The van der Waals surface area contributed by atoms with E-state index in [1.165, 1.54) is 0 Å². The summed E-state index contributed by atoms with van der Waals surface area (Å²) in [6.07, 6.45) is -4.80. The molecule has 1 aromatic rings. The Hall–Kier alpha value is -1.59. The van der Waals surface area contributed by atoms with Crippen molar-refractivity contribution in [3.05, 3.63) is 29.1 Å². The first-order valence-electron chi connectivity index (χ1n) is 4.23. The van der Waals surface area contributed by atoms with E-state index in [0.717, 1.165) is 20.1 Å². The van der Waals surface area contributed by atoms with E-state index in [0.29, 0.717) is 0 Å². The molecular weight excluding hydrogens is 228 g/mol. The lowest BCUT2D eigenvalue weighted by molar-refractivity contribution is -0.138. The Bertz CT molecular complexity index is 424. The molecule has 0 saturated carbocycles. The molecule has 0 bridgehead atoms. The zero-order valence-corrected chi connectivity index (χ0v) is 8.48. The SMILES string of the molecule is COc1cc(F)cc(C(F)(F)F)c1C(C)=O. The molecule has 1 rings (SSSR count). The van der Waals surface area contributed by atoms with Crippen molar-refractivity contribution in [1.82, 2.24) is 0 Å². The highest BCUT2D eigenvalue weighted by molar-refractivity contribution is 5.98. The molecule has 16 heavy (non-hydrogen) atoms. The van der Waals surface area contributed by atoms with E-state index in [9.17, 15) is 22.4 Å². The number of ketones is 1. The van der Waals surface area contributed by atoms with Crippen LogP contribution in [0.5, 0.6) is 5.75 Å². The van der Waals surface area contributed by atoms with Gasteiger partial charge in [-0.25, -0.2) is 4.39 Å². The highest BCUT2D eigenvalue weighted by Gasteiger charge is 2.36. The molecule has 0 heterocycles. The number of Topliss-reactive ketones (excluding diaryl/α,β-unsaturated/α-hetero) is 1. The maximum atomic E-state index is 12.9. The van der Waals surface area contributed by atoms with Crippen LogP contribution in [0.3, 0.4) is 0 Å². The average Bonchev–Trinajstić information content (AvgIpc) is 2.14. The molecule has 1 aromatic carbocycles. The second-order valence-corrected chi connectivity index (χ2v) is 3.08. The number of rotatable bonds is 2. The highest BCUT2D eigenvalue weighted by atomic mass is 19.4. The zero-order chi connectivity index (χ0) is 12.5. The molecule has 0 amide bonds. The van der Waals surface area contributed by atoms with E-state index in [1.54, 1.807) is 0 Å². The zero-order valence-electron chi connectivity index (χ0n) is 8.48. The van der Waals surface area contributed by atoms with Crippen LogP contribution in [0.25, 0.3) is 0 Å². The summed E-state index contributed by atoms with van der Waals surface area (Å²) in [7, 11) is 1.07. The summed E-state index contributed by atoms with van der Waals surface area (Å²) >= 11 is 0. The second-order valence-electron chi connectivity index (χ2n) is 3.08. The van der Waals surface area contributed by atoms with Gasteiger partial charge >= 0.3 is 6.18 Å². The number of halogens is 4. The maximum Gasteiger partial charge on any atom is 0.417 e. The Morgan fingerprint density at radius 2 is 1.88 bits per heavy atom. The van der Waals surface area contributed by atoms with E-state index in [1.807, 2.05) is 0 Å². The smallest absolute Gasteiger partial charge is 0.417 e. The monoisotopic (exact) mass is 236 g/mol. The van der Waals surface area contributed by atoms with Crippen molar-refractivity contribution in [1.29, 1.82) is 0 Å².